The molecule has 0 radical (unpaired) electrons. The molecule has 0 bridgehead atoms. The first-order valence-electron chi connectivity index (χ1n) is 5.41. The van der Waals surface area contributed by atoms with E-state index in [9.17, 15) is 4.39 Å². The van der Waals surface area contributed by atoms with E-state index in [4.69, 9.17) is 11.6 Å². The maximum absolute atomic E-state index is 12.9. The Morgan fingerprint density at radius 2 is 2.24 bits per heavy atom. The number of halogens is 2. The van der Waals surface area contributed by atoms with Gasteiger partial charge in [-0.05, 0) is 30.8 Å². The molecule has 0 saturated heterocycles. The van der Waals surface area contributed by atoms with Gasteiger partial charge in [0, 0.05) is 17.8 Å². The van der Waals surface area contributed by atoms with Crippen LogP contribution in [0.1, 0.15) is 12.6 Å². The van der Waals surface area contributed by atoms with Gasteiger partial charge in [-0.25, -0.2) is 4.39 Å². The average molecular weight is 254 g/mol. The van der Waals surface area contributed by atoms with Crippen molar-refractivity contribution in [1.82, 2.24) is 15.5 Å². The van der Waals surface area contributed by atoms with Crippen LogP contribution >= 0.6 is 11.6 Å². The fourth-order valence-corrected chi connectivity index (χ4v) is 1.81. The Kier molecular flexibility index (Phi) is 3.76. The zero-order valence-electron chi connectivity index (χ0n) is 9.43. The van der Waals surface area contributed by atoms with Crippen molar-refractivity contribution < 1.29 is 4.39 Å². The standard InChI is InChI=1S/C12H13ClFN3/c1-2-15-7-9-6-12(17-16-9)10-4-3-8(14)5-11(10)13/h3-6,15H,2,7H2,1H3,(H,16,17). The lowest BCUT2D eigenvalue weighted by Gasteiger charge is -1.99. The summed E-state index contributed by atoms with van der Waals surface area (Å²) in [6.45, 7) is 3.65. The SMILES string of the molecule is CCNCc1cc(-c2ccc(F)cc2Cl)n[nH]1. The highest BCUT2D eigenvalue weighted by atomic mass is 35.5. The molecule has 0 saturated carbocycles. The largest absolute Gasteiger partial charge is 0.311 e. The molecule has 2 rings (SSSR count). The first-order valence-corrected chi connectivity index (χ1v) is 5.79. The normalized spacial score (nSPS) is 10.8. The summed E-state index contributed by atoms with van der Waals surface area (Å²) in [5.41, 5.74) is 2.43. The third kappa shape index (κ3) is 2.84. The maximum Gasteiger partial charge on any atom is 0.124 e. The molecule has 17 heavy (non-hydrogen) atoms. The van der Waals surface area contributed by atoms with Crippen molar-refractivity contribution in [2.24, 2.45) is 0 Å². The van der Waals surface area contributed by atoms with Crippen LogP contribution < -0.4 is 5.32 Å². The Balaban J connectivity index is 2.24. The number of hydrogen-bond acceptors (Lipinski definition) is 2. The minimum Gasteiger partial charge on any atom is -0.311 e. The van der Waals surface area contributed by atoms with E-state index in [2.05, 4.69) is 15.5 Å². The molecule has 0 fully saturated rings. The molecular weight excluding hydrogens is 241 g/mol. The van der Waals surface area contributed by atoms with Crippen LogP contribution in [-0.4, -0.2) is 16.7 Å². The van der Waals surface area contributed by atoms with Crippen LogP contribution in [-0.2, 0) is 6.54 Å². The zero-order valence-corrected chi connectivity index (χ0v) is 10.2. The van der Waals surface area contributed by atoms with E-state index in [1.54, 1.807) is 6.07 Å². The molecular formula is C12H13ClFN3. The highest BCUT2D eigenvalue weighted by Crippen LogP contribution is 2.27. The van der Waals surface area contributed by atoms with Gasteiger partial charge in [0.15, 0.2) is 0 Å². The van der Waals surface area contributed by atoms with Gasteiger partial charge >= 0.3 is 0 Å². The number of nitrogens with one attached hydrogen (secondary N) is 2. The van der Waals surface area contributed by atoms with Gasteiger partial charge in [0.05, 0.1) is 10.7 Å². The molecule has 0 spiro atoms. The van der Waals surface area contributed by atoms with E-state index in [0.717, 1.165) is 30.0 Å². The minimum absolute atomic E-state index is 0.345. The molecule has 1 heterocycles. The molecule has 90 valence electrons. The molecule has 0 aliphatic rings. The number of rotatable bonds is 4. The van der Waals surface area contributed by atoms with Crippen LogP contribution in [0.15, 0.2) is 24.3 Å². The van der Waals surface area contributed by atoms with Gasteiger partial charge in [0.25, 0.3) is 0 Å². The lowest BCUT2D eigenvalue weighted by Crippen LogP contribution is -2.11. The Hall–Kier alpha value is -1.39. The highest BCUT2D eigenvalue weighted by Gasteiger charge is 2.08. The summed E-state index contributed by atoms with van der Waals surface area (Å²) in [5.74, 6) is -0.345. The number of H-pyrrole nitrogens is 1. The molecule has 0 aliphatic carbocycles. The second-order valence-electron chi connectivity index (χ2n) is 3.68. The summed E-state index contributed by atoms with van der Waals surface area (Å²) in [5, 5.41) is 10.6. The Labute approximate surface area is 104 Å². The van der Waals surface area contributed by atoms with Crippen LogP contribution in [0.3, 0.4) is 0 Å². The molecule has 3 nitrogen and oxygen atoms in total. The quantitative estimate of drug-likeness (QED) is 0.880. The smallest absolute Gasteiger partial charge is 0.124 e. The summed E-state index contributed by atoms with van der Waals surface area (Å²) in [6.07, 6.45) is 0. The number of aromatic amines is 1. The van der Waals surface area contributed by atoms with Gasteiger partial charge in [-0.3, -0.25) is 5.10 Å². The summed E-state index contributed by atoms with van der Waals surface area (Å²) >= 11 is 5.97. The van der Waals surface area contributed by atoms with Crippen molar-refractivity contribution in [2.75, 3.05) is 6.54 Å². The average Bonchev–Trinajstić information content (AvgIpc) is 2.75. The van der Waals surface area contributed by atoms with E-state index in [1.165, 1.54) is 12.1 Å². The lowest BCUT2D eigenvalue weighted by molar-refractivity contribution is 0.628. The van der Waals surface area contributed by atoms with Crippen molar-refractivity contribution in [1.29, 1.82) is 0 Å². The van der Waals surface area contributed by atoms with E-state index < -0.39 is 0 Å². The molecule has 2 aromatic rings. The molecule has 0 unspecified atom stereocenters. The molecule has 0 amide bonds. The minimum atomic E-state index is -0.345. The van der Waals surface area contributed by atoms with Crippen LogP contribution in [0.4, 0.5) is 4.39 Å². The third-order valence-corrected chi connectivity index (χ3v) is 2.72. The molecule has 1 aromatic heterocycles. The molecule has 1 aromatic carbocycles. The number of hydrogen-bond donors (Lipinski definition) is 2. The fourth-order valence-electron chi connectivity index (χ4n) is 1.55. The molecule has 2 N–H and O–H groups in total. The highest BCUT2D eigenvalue weighted by molar-refractivity contribution is 6.33. The van der Waals surface area contributed by atoms with Gasteiger partial charge in [-0.1, -0.05) is 18.5 Å². The van der Waals surface area contributed by atoms with E-state index in [0.29, 0.717) is 5.02 Å². The van der Waals surface area contributed by atoms with Crippen molar-refractivity contribution in [2.45, 2.75) is 13.5 Å². The predicted molar refractivity (Wildman–Crippen MR) is 66.4 cm³/mol. The third-order valence-electron chi connectivity index (χ3n) is 2.40. The van der Waals surface area contributed by atoms with Crippen LogP contribution in [0.25, 0.3) is 11.3 Å². The molecule has 0 atom stereocenters. The summed E-state index contributed by atoms with van der Waals surface area (Å²) in [4.78, 5) is 0. The summed E-state index contributed by atoms with van der Waals surface area (Å²) in [6, 6.07) is 6.20. The Morgan fingerprint density at radius 1 is 1.41 bits per heavy atom. The summed E-state index contributed by atoms with van der Waals surface area (Å²) in [7, 11) is 0. The number of nitrogens with zero attached hydrogens (tertiary/aromatic N) is 1. The second kappa shape index (κ2) is 5.29. The van der Waals surface area contributed by atoms with Gasteiger partial charge in [0.1, 0.15) is 5.82 Å². The topological polar surface area (TPSA) is 40.7 Å². The Bertz CT molecular complexity index is 510. The van der Waals surface area contributed by atoms with Crippen molar-refractivity contribution in [3.05, 3.63) is 40.8 Å². The zero-order chi connectivity index (χ0) is 12.3. The first-order chi connectivity index (χ1) is 8.20. The van der Waals surface area contributed by atoms with Gasteiger partial charge in [-0.15, -0.1) is 0 Å². The first kappa shape index (κ1) is 12.1. The van der Waals surface area contributed by atoms with Crippen molar-refractivity contribution >= 4 is 11.6 Å². The van der Waals surface area contributed by atoms with Gasteiger partial charge in [0.2, 0.25) is 0 Å². The lowest BCUT2D eigenvalue weighted by atomic mass is 10.1. The Morgan fingerprint density at radius 3 is 2.94 bits per heavy atom. The fraction of sp³-hybridized carbons (Fsp3) is 0.250. The van der Waals surface area contributed by atoms with Gasteiger partial charge in [-0.2, -0.15) is 5.10 Å². The molecule has 5 heteroatoms. The van der Waals surface area contributed by atoms with Crippen molar-refractivity contribution in [3.63, 3.8) is 0 Å². The van der Waals surface area contributed by atoms with E-state index in [-0.39, 0.29) is 5.82 Å². The maximum atomic E-state index is 12.9. The second-order valence-corrected chi connectivity index (χ2v) is 4.09. The molecule has 0 aliphatic heterocycles. The van der Waals surface area contributed by atoms with E-state index in [1.807, 2.05) is 13.0 Å². The van der Waals surface area contributed by atoms with E-state index >= 15 is 0 Å². The number of benzene rings is 1. The van der Waals surface area contributed by atoms with Gasteiger partial charge < -0.3 is 5.32 Å². The van der Waals surface area contributed by atoms with Crippen LogP contribution in [0.5, 0.6) is 0 Å². The van der Waals surface area contributed by atoms with Crippen molar-refractivity contribution in [3.8, 4) is 11.3 Å². The van der Waals surface area contributed by atoms with Crippen LogP contribution in [0.2, 0.25) is 5.02 Å². The monoisotopic (exact) mass is 253 g/mol. The summed E-state index contributed by atoms with van der Waals surface area (Å²) < 4.78 is 12.9. The van der Waals surface area contributed by atoms with Crippen LogP contribution in [0, 0.1) is 5.82 Å². The number of aromatic nitrogens is 2. The predicted octanol–water partition coefficient (Wildman–Crippen LogP) is 2.98.